The number of benzene rings is 1. The maximum atomic E-state index is 11.7. The van der Waals surface area contributed by atoms with Gasteiger partial charge in [0.15, 0.2) is 0 Å². The molecule has 0 heterocycles. The zero-order valence-electron chi connectivity index (χ0n) is 8.97. The number of anilines is 1. The van der Waals surface area contributed by atoms with Crippen molar-refractivity contribution in [1.29, 1.82) is 0 Å². The summed E-state index contributed by atoms with van der Waals surface area (Å²) >= 11 is 11.6. The summed E-state index contributed by atoms with van der Waals surface area (Å²) in [6, 6.07) is 4.92. The van der Waals surface area contributed by atoms with Crippen LogP contribution >= 0.6 is 23.2 Å². The highest BCUT2D eigenvalue weighted by atomic mass is 35.5. The molecule has 0 spiro atoms. The zero-order chi connectivity index (χ0) is 12.1. The van der Waals surface area contributed by atoms with Crippen LogP contribution in [0.1, 0.15) is 13.3 Å². The maximum Gasteiger partial charge on any atom is 0.227 e. The smallest absolute Gasteiger partial charge is 0.227 e. The highest BCUT2D eigenvalue weighted by molar-refractivity contribution is 6.35. The van der Waals surface area contributed by atoms with Gasteiger partial charge in [-0.2, -0.15) is 0 Å². The summed E-state index contributed by atoms with van der Waals surface area (Å²) in [5.74, 6) is -0.202. The van der Waals surface area contributed by atoms with Crippen LogP contribution in [0.15, 0.2) is 18.2 Å². The monoisotopic (exact) mass is 260 g/mol. The van der Waals surface area contributed by atoms with Gasteiger partial charge in [0.2, 0.25) is 5.91 Å². The zero-order valence-corrected chi connectivity index (χ0v) is 10.5. The summed E-state index contributed by atoms with van der Waals surface area (Å²) in [4.78, 5) is 11.7. The van der Waals surface area contributed by atoms with Crippen molar-refractivity contribution in [1.82, 2.24) is 0 Å². The van der Waals surface area contributed by atoms with Gasteiger partial charge in [-0.3, -0.25) is 4.79 Å². The molecule has 0 aliphatic rings. The minimum atomic E-state index is -0.122. The Morgan fingerprint density at radius 2 is 1.94 bits per heavy atom. The molecule has 3 N–H and O–H groups in total. The van der Waals surface area contributed by atoms with E-state index in [4.69, 9.17) is 28.9 Å². The van der Waals surface area contributed by atoms with E-state index in [1.807, 2.05) is 6.92 Å². The van der Waals surface area contributed by atoms with Gasteiger partial charge in [0.05, 0.1) is 0 Å². The van der Waals surface area contributed by atoms with Gasteiger partial charge in [0.1, 0.15) is 0 Å². The van der Waals surface area contributed by atoms with Gasteiger partial charge >= 0.3 is 0 Å². The molecule has 16 heavy (non-hydrogen) atoms. The molecular weight excluding hydrogens is 247 g/mol. The van der Waals surface area contributed by atoms with Crippen molar-refractivity contribution in [3.63, 3.8) is 0 Å². The molecule has 0 aliphatic heterocycles. The fraction of sp³-hybridized carbons (Fsp3) is 0.364. The van der Waals surface area contributed by atoms with Crippen LogP contribution in [-0.2, 0) is 4.79 Å². The van der Waals surface area contributed by atoms with Crippen LogP contribution in [0.25, 0.3) is 0 Å². The second-order valence-corrected chi connectivity index (χ2v) is 4.50. The van der Waals surface area contributed by atoms with Crippen LogP contribution in [0.5, 0.6) is 0 Å². The van der Waals surface area contributed by atoms with Crippen LogP contribution in [0.3, 0.4) is 0 Å². The van der Waals surface area contributed by atoms with E-state index in [9.17, 15) is 4.79 Å². The van der Waals surface area contributed by atoms with Crippen LogP contribution in [0.2, 0.25) is 10.0 Å². The van der Waals surface area contributed by atoms with Gasteiger partial charge in [0, 0.05) is 21.7 Å². The third-order valence-electron chi connectivity index (χ3n) is 2.18. The molecule has 5 heteroatoms. The molecule has 0 saturated heterocycles. The van der Waals surface area contributed by atoms with E-state index < -0.39 is 0 Å². The van der Waals surface area contributed by atoms with E-state index >= 15 is 0 Å². The van der Waals surface area contributed by atoms with E-state index in [1.165, 1.54) is 0 Å². The van der Waals surface area contributed by atoms with Gasteiger partial charge in [0.25, 0.3) is 0 Å². The number of nitrogens with two attached hydrogens (primary N) is 1. The van der Waals surface area contributed by atoms with E-state index in [-0.39, 0.29) is 11.8 Å². The SMILES string of the molecule is CC(CCN)C(=O)Nc1cc(Cl)cc(Cl)c1. The van der Waals surface area contributed by atoms with Gasteiger partial charge < -0.3 is 11.1 Å². The van der Waals surface area contributed by atoms with Gasteiger partial charge in [-0.25, -0.2) is 0 Å². The second kappa shape index (κ2) is 6.09. The lowest BCUT2D eigenvalue weighted by Crippen LogP contribution is -2.22. The Balaban J connectivity index is 2.69. The summed E-state index contributed by atoms with van der Waals surface area (Å²) < 4.78 is 0. The van der Waals surface area contributed by atoms with Crippen LogP contribution in [0, 0.1) is 5.92 Å². The first-order valence-corrected chi connectivity index (χ1v) is 5.75. The number of hydrogen-bond acceptors (Lipinski definition) is 2. The molecule has 0 bridgehead atoms. The minimum Gasteiger partial charge on any atom is -0.330 e. The highest BCUT2D eigenvalue weighted by Gasteiger charge is 2.12. The summed E-state index contributed by atoms with van der Waals surface area (Å²) in [6.45, 7) is 2.32. The highest BCUT2D eigenvalue weighted by Crippen LogP contribution is 2.22. The first-order valence-electron chi connectivity index (χ1n) is 5.00. The van der Waals surface area contributed by atoms with Gasteiger partial charge in [-0.15, -0.1) is 0 Å². The molecule has 1 rings (SSSR count). The molecule has 3 nitrogen and oxygen atoms in total. The molecule has 0 radical (unpaired) electrons. The molecule has 1 amide bonds. The lowest BCUT2D eigenvalue weighted by molar-refractivity contribution is -0.119. The number of nitrogens with one attached hydrogen (secondary N) is 1. The van der Waals surface area contributed by atoms with Crippen LogP contribution < -0.4 is 11.1 Å². The van der Waals surface area contributed by atoms with Gasteiger partial charge in [-0.1, -0.05) is 30.1 Å². The van der Waals surface area contributed by atoms with E-state index in [0.29, 0.717) is 28.7 Å². The molecule has 1 aromatic rings. The number of carbonyl (C=O) groups is 1. The quantitative estimate of drug-likeness (QED) is 0.875. The molecule has 0 fully saturated rings. The lowest BCUT2D eigenvalue weighted by atomic mass is 10.1. The average Bonchev–Trinajstić information content (AvgIpc) is 2.16. The van der Waals surface area contributed by atoms with E-state index in [2.05, 4.69) is 5.32 Å². The van der Waals surface area contributed by atoms with Crippen molar-refractivity contribution in [2.24, 2.45) is 11.7 Å². The lowest BCUT2D eigenvalue weighted by Gasteiger charge is -2.11. The molecule has 88 valence electrons. The first kappa shape index (κ1) is 13.3. The summed E-state index contributed by atoms with van der Waals surface area (Å²) in [5, 5.41) is 3.73. The Morgan fingerprint density at radius 1 is 1.38 bits per heavy atom. The second-order valence-electron chi connectivity index (χ2n) is 3.63. The normalized spacial score (nSPS) is 12.2. The first-order chi connectivity index (χ1) is 7.52. The van der Waals surface area contributed by atoms with Crippen molar-refractivity contribution in [2.45, 2.75) is 13.3 Å². The Morgan fingerprint density at radius 3 is 2.44 bits per heavy atom. The summed E-state index contributed by atoms with van der Waals surface area (Å²) in [5.41, 5.74) is 5.99. The Hall–Kier alpha value is -0.770. The Bertz CT molecular complexity index is 362. The Labute approximate surface area is 105 Å². The predicted octanol–water partition coefficient (Wildman–Crippen LogP) is 2.92. The van der Waals surface area contributed by atoms with Crippen LogP contribution in [0.4, 0.5) is 5.69 Å². The number of halogens is 2. The van der Waals surface area contributed by atoms with Crippen molar-refractivity contribution >= 4 is 34.8 Å². The third kappa shape index (κ3) is 4.00. The van der Waals surface area contributed by atoms with Crippen molar-refractivity contribution in [3.8, 4) is 0 Å². The molecule has 0 aliphatic carbocycles. The van der Waals surface area contributed by atoms with Crippen molar-refractivity contribution in [2.75, 3.05) is 11.9 Å². The number of rotatable bonds is 4. The molecule has 0 aromatic heterocycles. The molecule has 1 unspecified atom stereocenters. The van der Waals surface area contributed by atoms with Crippen molar-refractivity contribution < 1.29 is 4.79 Å². The summed E-state index contributed by atoms with van der Waals surface area (Å²) in [7, 11) is 0. The topological polar surface area (TPSA) is 55.1 Å². The van der Waals surface area contributed by atoms with E-state index in [0.717, 1.165) is 0 Å². The number of carbonyl (C=O) groups excluding carboxylic acids is 1. The summed E-state index contributed by atoms with van der Waals surface area (Å²) in [6.07, 6.45) is 0.653. The number of amides is 1. The standard InChI is InChI=1S/C11H14Cl2N2O/c1-7(2-3-14)11(16)15-10-5-8(12)4-9(13)6-10/h4-7H,2-3,14H2,1H3,(H,15,16). The predicted molar refractivity (Wildman–Crippen MR) is 67.9 cm³/mol. The fourth-order valence-electron chi connectivity index (χ4n) is 1.27. The average molecular weight is 261 g/mol. The fourth-order valence-corrected chi connectivity index (χ4v) is 1.80. The largest absolute Gasteiger partial charge is 0.330 e. The van der Waals surface area contributed by atoms with Crippen molar-refractivity contribution in [3.05, 3.63) is 28.2 Å². The van der Waals surface area contributed by atoms with E-state index in [1.54, 1.807) is 18.2 Å². The van der Waals surface area contributed by atoms with Gasteiger partial charge in [-0.05, 0) is 31.2 Å². The molecule has 1 atom stereocenters. The molecule has 1 aromatic carbocycles. The van der Waals surface area contributed by atoms with Crippen LogP contribution in [-0.4, -0.2) is 12.5 Å². The molecular formula is C11H14Cl2N2O. The minimum absolute atomic E-state index is 0.0798. The third-order valence-corrected chi connectivity index (χ3v) is 2.61. The maximum absolute atomic E-state index is 11.7. The molecule has 0 saturated carbocycles. The Kier molecular flexibility index (Phi) is 5.06. The number of hydrogen-bond donors (Lipinski definition) is 2.